The number of nitrogens with zero attached hydrogens (tertiary/aromatic N) is 1. The number of hydrogen-bond donors (Lipinski definition) is 1. The Morgan fingerprint density at radius 2 is 2.11 bits per heavy atom. The van der Waals surface area contributed by atoms with Crippen LogP contribution in [0.15, 0.2) is 48.8 Å². The van der Waals surface area contributed by atoms with E-state index in [1.165, 1.54) is 0 Å². The SMILES string of the molecule is C.CC1(C)OC(=O)[C@H](CC(=O)Nc2cccc(OCc3cccnc3)c2)O1. The van der Waals surface area contributed by atoms with Gasteiger partial charge in [-0.05, 0) is 18.2 Å². The molecule has 7 nitrogen and oxygen atoms in total. The van der Waals surface area contributed by atoms with Crippen LogP contribution in [0, 0.1) is 0 Å². The molecular weight excluding hydrogens is 348 g/mol. The molecule has 2 aromatic rings. The summed E-state index contributed by atoms with van der Waals surface area (Å²) in [5.74, 6) is -1.25. The molecule has 27 heavy (non-hydrogen) atoms. The van der Waals surface area contributed by atoms with Gasteiger partial charge in [0.1, 0.15) is 12.4 Å². The van der Waals surface area contributed by atoms with Gasteiger partial charge in [-0.1, -0.05) is 19.6 Å². The number of amides is 1. The van der Waals surface area contributed by atoms with Crippen molar-refractivity contribution in [1.82, 2.24) is 4.98 Å². The van der Waals surface area contributed by atoms with Crippen LogP contribution in [0.4, 0.5) is 5.69 Å². The van der Waals surface area contributed by atoms with Crippen molar-refractivity contribution in [3.8, 4) is 5.75 Å². The van der Waals surface area contributed by atoms with E-state index in [1.807, 2.05) is 12.1 Å². The van der Waals surface area contributed by atoms with E-state index in [0.717, 1.165) is 5.56 Å². The lowest BCUT2D eigenvalue weighted by Crippen LogP contribution is -2.26. The topological polar surface area (TPSA) is 86.8 Å². The van der Waals surface area contributed by atoms with Crippen LogP contribution < -0.4 is 10.1 Å². The number of benzene rings is 1. The molecule has 1 atom stereocenters. The Morgan fingerprint density at radius 3 is 2.78 bits per heavy atom. The zero-order valence-corrected chi connectivity index (χ0v) is 14.6. The summed E-state index contributed by atoms with van der Waals surface area (Å²) in [6, 6.07) is 10.8. The van der Waals surface area contributed by atoms with Crippen molar-refractivity contribution in [1.29, 1.82) is 0 Å². The fourth-order valence-electron chi connectivity index (χ4n) is 2.54. The molecule has 1 aromatic carbocycles. The Hall–Kier alpha value is -2.93. The number of aromatic nitrogens is 1. The second kappa shape index (κ2) is 8.64. The minimum absolute atomic E-state index is 0. The Kier molecular flexibility index (Phi) is 6.52. The predicted octanol–water partition coefficient (Wildman–Crippen LogP) is 3.30. The van der Waals surface area contributed by atoms with Gasteiger partial charge in [0, 0.05) is 43.6 Å². The molecule has 1 amide bonds. The highest BCUT2D eigenvalue weighted by molar-refractivity contribution is 5.94. The summed E-state index contributed by atoms with van der Waals surface area (Å²) < 4.78 is 16.2. The Labute approximate surface area is 158 Å². The maximum atomic E-state index is 12.2. The Bertz CT molecular complexity index is 792. The summed E-state index contributed by atoms with van der Waals surface area (Å²) in [5, 5.41) is 2.74. The highest BCUT2D eigenvalue weighted by atomic mass is 16.8. The normalized spacial score (nSPS) is 17.6. The lowest BCUT2D eigenvalue weighted by atomic mass is 10.2. The fourth-order valence-corrected chi connectivity index (χ4v) is 2.54. The number of esters is 1. The van der Waals surface area contributed by atoms with Crippen molar-refractivity contribution in [3.05, 3.63) is 54.4 Å². The second-order valence-electron chi connectivity index (χ2n) is 6.36. The summed E-state index contributed by atoms with van der Waals surface area (Å²) in [4.78, 5) is 27.9. The lowest BCUT2D eigenvalue weighted by molar-refractivity contribution is -0.160. The molecule has 1 aliphatic rings. The van der Waals surface area contributed by atoms with Crippen LogP contribution in [-0.2, 0) is 25.7 Å². The maximum Gasteiger partial charge on any atom is 0.338 e. The Morgan fingerprint density at radius 1 is 1.30 bits per heavy atom. The predicted molar refractivity (Wildman–Crippen MR) is 100 cm³/mol. The fraction of sp³-hybridized carbons (Fsp3) is 0.350. The van der Waals surface area contributed by atoms with Crippen LogP contribution in [0.3, 0.4) is 0 Å². The smallest absolute Gasteiger partial charge is 0.338 e. The molecule has 1 aromatic heterocycles. The van der Waals surface area contributed by atoms with Crippen molar-refractivity contribution < 1.29 is 23.8 Å². The maximum absolute atomic E-state index is 12.2. The zero-order valence-electron chi connectivity index (χ0n) is 14.6. The van der Waals surface area contributed by atoms with E-state index in [2.05, 4.69) is 10.3 Å². The molecule has 0 aliphatic carbocycles. The van der Waals surface area contributed by atoms with E-state index >= 15 is 0 Å². The van der Waals surface area contributed by atoms with Crippen molar-refractivity contribution in [3.63, 3.8) is 0 Å². The number of anilines is 1. The van der Waals surface area contributed by atoms with Gasteiger partial charge in [-0.25, -0.2) is 4.79 Å². The third-order valence-electron chi connectivity index (χ3n) is 3.65. The molecule has 1 saturated heterocycles. The summed E-state index contributed by atoms with van der Waals surface area (Å²) in [5.41, 5.74) is 1.52. The molecule has 0 radical (unpaired) electrons. The number of hydrogen-bond acceptors (Lipinski definition) is 6. The summed E-state index contributed by atoms with van der Waals surface area (Å²) in [6.45, 7) is 3.64. The van der Waals surface area contributed by atoms with E-state index in [4.69, 9.17) is 14.2 Å². The van der Waals surface area contributed by atoms with Crippen molar-refractivity contribution in [2.45, 2.75) is 46.2 Å². The minimum Gasteiger partial charge on any atom is -0.489 e. The first kappa shape index (κ1) is 20.4. The van der Waals surface area contributed by atoms with E-state index in [9.17, 15) is 9.59 Å². The van der Waals surface area contributed by atoms with Crippen LogP contribution in [0.2, 0.25) is 0 Å². The van der Waals surface area contributed by atoms with E-state index in [-0.39, 0.29) is 19.8 Å². The second-order valence-corrected chi connectivity index (χ2v) is 6.36. The highest BCUT2D eigenvalue weighted by Gasteiger charge is 2.41. The monoisotopic (exact) mass is 372 g/mol. The lowest BCUT2D eigenvalue weighted by Gasteiger charge is -2.15. The third-order valence-corrected chi connectivity index (χ3v) is 3.65. The van der Waals surface area contributed by atoms with E-state index in [1.54, 1.807) is 50.5 Å². The van der Waals surface area contributed by atoms with Gasteiger partial charge < -0.3 is 19.5 Å². The highest BCUT2D eigenvalue weighted by Crippen LogP contribution is 2.26. The Balaban J connectivity index is 0.00000261. The summed E-state index contributed by atoms with van der Waals surface area (Å²) in [6.07, 6.45) is 2.43. The molecule has 0 spiro atoms. The number of carbonyl (C=O) groups is 2. The van der Waals surface area contributed by atoms with Gasteiger partial charge in [-0.15, -0.1) is 0 Å². The largest absolute Gasteiger partial charge is 0.489 e. The van der Waals surface area contributed by atoms with Crippen LogP contribution in [-0.4, -0.2) is 28.8 Å². The first-order valence-electron chi connectivity index (χ1n) is 8.23. The first-order chi connectivity index (χ1) is 12.4. The average Bonchev–Trinajstić information content (AvgIpc) is 2.86. The molecule has 0 unspecified atom stereocenters. The number of cyclic esters (lactones) is 1. The van der Waals surface area contributed by atoms with Crippen LogP contribution >= 0.6 is 0 Å². The first-order valence-corrected chi connectivity index (χ1v) is 8.23. The number of nitrogens with one attached hydrogen (secondary N) is 1. The molecule has 1 aliphatic heterocycles. The molecule has 3 rings (SSSR count). The van der Waals surface area contributed by atoms with Gasteiger partial charge in [0.05, 0.1) is 6.42 Å². The van der Waals surface area contributed by atoms with Gasteiger partial charge >= 0.3 is 5.97 Å². The van der Waals surface area contributed by atoms with Crippen LogP contribution in [0.5, 0.6) is 5.75 Å². The number of carbonyl (C=O) groups excluding carboxylic acids is 2. The van der Waals surface area contributed by atoms with Crippen molar-refractivity contribution >= 4 is 17.6 Å². The van der Waals surface area contributed by atoms with Crippen LogP contribution in [0.1, 0.15) is 33.3 Å². The third kappa shape index (κ3) is 5.79. The number of ether oxygens (including phenoxy) is 3. The number of rotatable bonds is 6. The minimum atomic E-state index is -0.998. The average molecular weight is 372 g/mol. The van der Waals surface area contributed by atoms with Gasteiger partial charge in [0.15, 0.2) is 6.10 Å². The zero-order chi connectivity index (χ0) is 18.6. The molecule has 1 fully saturated rings. The molecular formula is C20H24N2O5. The van der Waals surface area contributed by atoms with Crippen molar-refractivity contribution in [2.75, 3.05) is 5.32 Å². The summed E-state index contributed by atoms with van der Waals surface area (Å²) >= 11 is 0. The van der Waals surface area contributed by atoms with Gasteiger partial charge in [-0.2, -0.15) is 0 Å². The van der Waals surface area contributed by atoms with Crippen molar-refractivity contribution in [2.24, 2.45) is 0 Å². The van der Waals surface area contributed by atoms with E-state index in [0.29, 0.717) is 18.0 Å². The van der Waals surface area contributed by atoms with Gasteiger partial charge in [0.25, 0.3) is 0 Å². The van der Waals surface area contributed by atoms with Crippen LogP contribution in [0.25, 0.3) is 0 Å². The quantitative estimate of drug-likeness (QED) is 0.783. The van der Waals surface area contributed by atoms with E-state index < -0.39 is 17.9 Å². The number of pyridine rings is 1. The van der Waals surface area contributed by atoms with Gasteiger partial charge in [0.2, 0.25) is 11.7 Å². The molecule has 2 heterocycles. The van der Waals surface area contributed by atoms with Gasteiger partial charge in [-0.3, -0.25) is 9.78 Å². The summed E-state index contributed by atoms with van der Waals surface area (Å²) in [7, 11) is 0. The molecule has 0 saturated carbocycles. The molecule has 0 bridgehead atoms. The molecule has 144 valence electrons. The molecule has 1 N–H and O–H groups in total. The molecule has 7 heteroatoms. The standard InChI is InChI=1S/C19H20N2O5.CH4/c1-19(2)25-16(18(23)26-19)10-17(22)21-14-6-3-7-15(9-14)24-12-13-5-4-8-20-11-13;/h3-9,11,16H,10,12H2,1-2H3,(H,21,22);1H4/t16-;/m0./s1.